The Balaban J connectivity index is 1.80. The molecule has 0 atom stereocenters. The summed E-state index contributed by atoms with van der Waals surface area (Å²) in [5.74, 6) is 0.563. The van der Waals surface area contributed by atoms with Gasteiger partial charge in [-0.2, -0.15) is 5.10 Å². The highest BCUT2D eigenvalue weighted by molar-refractivity contribution is 6.03. The summed E-state index contributed by atoms with van der Waals surface area (Å²) >= 11 is 0. The summed E-state index contributed by atoms with van der Waals surface area (Å²) < 4.78 is 5.23. The van der Waals surface area contributed by atoms with Crippen LogP contribution >= 0.6 is 0 Å². The Kier molecular flexibility index (Phi) is 4.52. The Hall–Kier alpha value is -3.21. The molecule has 24 heavy (non-hydrogen) atoms. The molecule has 1 amide bonds. The normalized spacial score (nSPS) is 11.3. The van der Waals surface area contributed by atoms with Crippen LogP contribution in [0.25, 0.3) is 10.8 Å². The van der Waals surface area contributed by atoms with E-state index in [1.54, 1.807) is 31.6 Å². The number of aromatic nitrogens is 1. The average molecular weight is 319 g/mol. The maximum Gasteiger partial charge on any atom is 0.271 e. The molecule has 0 fully saturated rings. The first-order valence-corrected chi connectivity index (χ1v) is 7.50. The summed E-state index contributed by atoms with van der Waals surface area (Å²) in [6, 6.07) is 15.2. The summed E-state index contributed by atoms with van der Waals surface area (Å²) in [4.78, 5) is 15.9. The molecule has 1 aromatic heterocycles. The van der Waals surface area contributed by atoms with Gasteiger partial charge in [0.1, 0.15) is 5.75 Å². The number of amides is 1. The maximum absolute atomic E-state index is 12.0. The van der Waals surface area contributed by atoms with Gasteiger partial charge in [0.15, 0.2) is 0 Å². The molecular weight excluding hydrogens is 302 g/mol. The molecule has 0 radical (unpaired) electrons. The molecule has 0 aliphatic heterocycles. The molecule has 3 aromatic rings. The number of pyridine rings is 1. The van der Waals surface area contributed by atoms with E-state index in [2.05, 4.69) is 15.5 Å². The van der Waals surface area contributed by atoms with Gasteiger partial charge in [0.2, 0.25) is 0 Å². The first-order chi connectivity index (χ1) is 11.7. The monoisotopic (exact) mass is 319 g/mol. The van der Waals surface area contributed by atoms with Crippen LogP contribution in [0.2, 0.25) is 0 Å². The number of carbonyl (C=O) groups excluding carboxylic acids is 1. The van der Waals surface area contributed by atoms with Crippen molar-refractivity contribution in [1.82, 2.24) is 10.4 Å². The number of fused-ring (bicyclic) bond motifs is 1. The Bertz CT molecular complexity index is 905. The predicted octanol–water partition coefficient (Wildman–Crippen LogP) is 3.40. The van der Waals surface area contributed by atoms with Gasteiger partial charge < -0.3 is 4.74 Å². The lowest BCUT2D eigenvalue weighted by Crippen LogP contribution is -2.19. The lowest BCUT2D eigenvalue weighted by Gasteiger charge is -2.06. The molecule has 1 heterocycles. The quantitative estimate of drug-likeness (QED) is 0.592. The first-order valence-electron chi connectivity index (χ1n) is 7.50. The Morgan fingerprint density at radius 1 is 1.00 bits per heavy atom. The van der Waals surface area contributed by atoms with E-state index in [9.17, 15) is 4.79 Å². The number of carbonyl (C=O) groups is 1. The minimum Gasteiger partial charge on any atom is -0.497 e. The molecule has 0 bridgehead atoms. The van der Waals surface area contributed by atoms with Gasteiger partial charge in [-0.15, -0.1) is 0 Å². The Morgan fingerprint density at radius 3 is 2.46 bits per heavy atom. The van der Waals surface area contributed by atoms with Crippen LogP contribution in [-0.4, -0.2) is 23.7 Å². The van der Waals surface area contributed by atoms with Crippen molar-refractivity contribution in [2.75, 3.05) is 7.11 Å². The molecule has 1 N–H and O–H groups in total. The summed E-state index contributed by atoms with van der Waals surface area (Å²) in [5.41, 5.74) is 4.76. The summed E-state index contributed by atoms with van der Waals surface area (Å²) in [6.07, 6.45) is 3.15. The fourth-order valence-corrected chi connectivity index (χ4v) is 2.34. The van der Waals surface area contributed by atoms with E-state index in [0.29, 0.717) is 5.56 Å². The van der Waals surface area contributed by atoms with Crippen LogP contribution in [0.3, 0.4) is 0 Å². The van der Waals surface area contributed by atoms with Gasteiger partial charge in [-0.1, -0.05) is 18.2 Å². The van der Waals surface area contributed by atoms with E-state index in [-0.39, 0.29) is 5.91 Å². The molecule has 0 aliphatic rings. The van der Waals surface area contributed by atoms with Crippen molar-refractivity contribution in [3.8, 4) is 5.75 Å². The fraction of sp³-hybridized carbons (Fsp3) is 0.105. The number of hydrogen-bond donors (Lipinski definition) is 1. The van der Waals surface area contributed by atoms with E-state index in [0.717, 1.165) is 27.8 Å². The van der Waals surface area contributed by atoms with E-state index < -0.39 is 0 Å². The van der Waals surface area contributed by atoms with E-state index in [4.69, 9.17) is 4.74 Å². The van der Waals surface area contributed by atoms with Crippen LogP contribution < -0.4 is 10.2 Å². The zero-order chi connectivity index (χ0) is 16.9. The van der Waals surface area contributed by atoms with Crippen molar-refractivity contribution < 1.29 is 9.53 Å². The van der Waals surface area contributed by atoms with Crippen molar-refractivity contribution >= 4 is 22.4 Å². The number of methoxy groups -OCH3 is 1. The molecule has 0 saturated carbocycles. The number of hydrazone groups is 1. The van der Waals surface area contributed by atoms with Gasteiger partial charge >= 0.3 is 0 Å². The molecule has 2 aromatic carbocycles. The third-order valence-electron chi connectivity index (χ3n) is 3.73. The van der Waals surface area contributed by atoms with Crippen molar-refractivity contribution in [2.45, 2.75) is 6.92 Å². The van der Waals surface area contributed by atoms with E-state index in [1.807, 2.05) is 43.3 Å². The van der Waals surface area contributed by atoms with Crippen LogP contribution in [0.4, 0.5) is 0 Å². The molecule has 0 unspecified atom stereocenters. The molecule has 5 heteroatoms. The van der Waals surface area contributed by atoms with E-state index >= 15 is 0 Å². The van der Waals surface area contributed by atoms with E-state index in [1.165, 1.54) is 0 Å². The van der Waals surface area contributed by atoms with Gasteiger partial charge in [-0.3, -0.25) is 9.78 Å². The van der Waals surface area contributed by atoms with Crippen molar-refractivity contribution in [2.24, 2.45) is 5.10 Å². The third kappa shape index (κ3) is 3.41. The fourth-order valence-electron chi connectivity index (χ4n) is 2.34. The highest BCUT2D eigenvalue weighted by atomic mass is 16.5. The van der Waals surface area contributed by atoms with Crippen molar-refractivity contribution in [3.05, 3.63) is 72.1 Å². The molecule has 5 nitrogen and oxygen atoms in total. The van der Waals surface area contributed by atoms with Crippen LogP contribution in [0.5, 0.6) is 5.75 Å². The smallest absolute Gasteiger partial charge is 0.271 e. The highest BCUT2D eigenvalue weighted by Gasteiger charge is 2.05. The standard InChI is InChI=1S/C19H17N3O2/c1-13(21-22-19(23)14-7-9-20-10-8-14)15-3-4-17-12-18(24-2)6-5-16(17)11-15/h3-12H,1-2H3,(H,22,23). The minimum absolute atomic E-state index is 0.262. The van der Waals surface area contributed by atoms with Gasteiger partial charge in [0, 0.05) is 18.0 Å². The van der Waals surface area contributed by atoms with Crippen LogP contribution in [0, 0.1) is 0 Å². The summed E-state index contributed by atoms with van der Waals surface area (Å²) in [5, 5.41) is 6.36. The van der Waals surface area contributed by atoms with Gasteiger partial charge in [0.05, 0.1) is 12.8 Å². The van der Waals surface area contributed by atoms with Crippen LogP contribution in [0.1, 0.15) is 22.8 Å². The highest BCUT2D eigenvalue weighted by Crippen LogP contribution is 2.22. The number of ether oxygens (including phenoxy) is 1. The Labute approximate surface area is 140 Å². The predicted molar refractivity (Wildman–Crippen MR) is 94.4 cm³/mol. The summed E-state index contributed by atoms with van der Waals surface area (Å²) in [6.45, 7) is 1.86. The van der Waals surface area contributed by atoms with Crippen LogP contribution in [-0.2, 0) is 0 Å². The number of hydrogen-bond acceptors (Lipinski definition) is 4. The molecule has 120 valence electrons. The van der Waals surface area contributed by atoms with Gasteiger partial charge in [-0.25, -0.2) is 5.43 Å². The Morgan fingerprint density at radius 2 is 1.71 bits per heavy atom. The largest absolute Gasteiger partial charge is 0.497 e. The molecule has 3 rings (SSSR count). The SMILES string of the molecule is COc1ccc2cc(C(C)=NNC(=O)c3ccncc3)ccc2c1. The molecular formula is C19H17N3O2. The number of nitrogens with one attached hydrogen (secondary N) is 1. The number of rotatable bonds is 4. The molecule has 0 saturated heterocycles. The minimum atomic E-state index is -0.262. The first kappa shape index (κ1) is 15.7. The van der Waals surface area contributed by atoms with Gasteiger partial charge in [-0.05, 0) is 53.6 Å². The molecule has 0 spiro atoms. The van der Waals surface area contributed by atoms with Crippen molar-refractivity contribution in [3.63, 3.8) is 0 Å². The second-order valence-corrected chi connectivity index (χ2v) is 5.30. The zero-order valence-electron chi connectivity index (χ0n) is 13.5. The zero-order valence-corrected chi connectivity index (χ0v) is 13.5. The maximum atomic E-state index is 12.0. The third-order valence-corrected chi connectivity index (χ3v) is 3.73. The lowest BCUT2D eigenvalue weighted by atomic mass is 10.0. The molecule has 0 aliphatic carbocycles. The second kappa shape index (κ2) is 6.91. The second-order valence-electron chi connectivity index (χ2n) is 5.30. The van der Waals surface area contributed by atoms with Gasteiger partial charge in [0.25, 0.3) is 5.91 Å². The van der Waals surface area contributed by atoms with Crippen LogP contribution in [0.15, 0.2) is 66.0 Å². The topological polar surface area (TPSA) is 63.6 Å². The van der Waals surface area contributed by atoms with Crippen molar-refractivity contribution in [1.29, 1.82) is 0 Å². The average Bonchev–Trinajstić information content (AvgIpc) is 2.65. The lowest BCUT2D eigenvalue weighted by molar-refractivity contribution is 0.0954. The summed E-state index contributed by atoms with van der Waals surface area (Å²) in [7, 11) is 1.65. The number of nitrogens with zero attached hydrogens (tertiary/aromatic N) is 2. The number of benzene rings is 2.